The van der Waals surface area contributed by atoms with Crippen molar-refractivity contribution in [1.82, 2.24) is 55.7 Å². The third-order valence-electron chi connectivity index (χ3n) is 17.9. The quantitative estimate of drug-likeness (QED) is 0.0549. The molecule has 3 aliphatic heterocycles. The monoisotopic (exact) mass is 1090 g/mol. The predicted molar refractivity (Wildman–Crippen MR) is 295 cm³/mol. The molecular formula is C58H67FN12O7S. The third-order valence-corrected chi connectivity index (χ3v) is 18.9. The fraction of sp³-hybridized carbons (Fsp3) is 0.517. The number of nitrogens with one attached hydrogen (secondary N) is 3. The van der Waals surface area contributed by atoms with Crippen molar-refractivity contribution in [3.05, 3.63) is 88.2 Å². The number of rotatable bonds is 19. The van der Waals surface area contributed by atoms with E-state index in [-0.39, 0.29) is 78.7 Å². The lowest BCUT2D eigenvalue weighted by Gasteiger charge is -2.69. The molecule has 4 saturated carbocycles. The number of H-pyrrole nitrogens is 1. The zero-order valence-corrected chi connectivity index (χ0v) is 46.1. The number of aryl methyl sites for hydroxylation is 1. The Balaban J connectivity index is 0.771. The first-order valence-corrected chi connectivity index (χ1v) is 28.6. The van der Waals surface area contributed by atoms with Gasteiger partial charge in [0.1, 0.15) is 35.8 Å². The molecule has 79 heavy (non-hydrogen) atoms. The summed E-state index contributed by atoms with van der Waals surface area (Å²) in [5.41, 5.74) is 9.12. The second-order valence-corrected chi connectivity index (χ2v) is 24.6. The minimum absolute atomic E-state index is 0.0153. The molecule has 4 aromatic heterocycles. The van der Waals surface area contributed by atoms with Gasteiger partial charge in [0.15, 0.2) is 5.75 Å². The second-order valence-electron chi connectivity index (χ2n) is 23.8. The number of halogens is 1. The van der Waals surface area contributed by atoms with E-state index < -0.39 is 30.1 Å². The van der Waals surface area contributed by atoms with Crippen molar-refractivity contribution in [3.63, 3.8) is 0 Å². The number of aromatic nitrogens is 8. The number of amides is 2. The van der Waals surface area contributed by atoms with Crippen LogP contribution >= 0.6 is 11.3 Å². The van der Waals surface area contributed by atoms with Gasteiger partial charge in [-0.25, -0.2) is 14.1 Å². The number of carbonyl (C=O) groups is 2. The molecule has 0 radical (unpaired) electrons. The van der Waals surface area contributed by atoms with E-state index in [9.17, 15) is 19.8 Å². The van der Waals surface area contributed by atoms with E-state index in [2.05, 4.69) is 42.0 Å². The number of fused-ring (bicyclic) bond motifs is 4. The van der Waals surface area contributed by atoms with E-state index >= 15 is 4.39 Å². The number of β-amino-alcohol motifs (C(OH)–C–C–N with tert-alkyl or cyclic N) is 1. The standard InChI is InChI=1S/C58H67FN12O7S/c1-29(2)50(55(75)70-20-38(73)14-45(70)54(74)63-44(22-72)34-9-11-35(12-10-34)52-32(5)61-28-79-52)71-21-46(67-68-71)58-24-57(25-58,26-58)27-78-51-48(47-31(4)42(59)16-43-41(47)18-62-66-43)39(33-7-8-33)15-40-49(51)64-56(77-23-30(3)76-6)65-53(40)69-19-36-13-37(69)17-60-36/h9-12,15-16,18,21,28-30,33,36-38,44-45,50,60,72-73H,7-8,13-14,17,19-20,22-27H2,1-6H3,(H,62,66)(H,63,74)/t30-,36+,37+,38+,44-,45-,50-,57?,58?/m0/s1. The number of anilines is 1. The second kappa shape index (κ2) is 19.9. The van der Waals surface area contributed by atoms with Gasteiger partial charge in [-0.2, -0.15) is 15.1 Å². The van der Waals surface area contributed by atoms with Gasteiger partial charge in [-0.1, -0.05) is 43.3 Å². The number of benzene rings is 3. The van der Waals surface area contributed by atoms with Gasteiger partial charge in [-0.3, -0.25) is 14.7 Å². The van der Waals surface area contributed by atoms with Gasteiger partial charge in [0.25, 0.3) is 0 Å². The summed E-state index contributed by atoms with van der Waals surface area (Å²) in [7, 11) is 1.65. The zero-order chi connectivity index (χ0) is 54.6. The van der Waals surface area contributed by atoms with E-state index in [1.807, 2.05) is 65.1 Å². The number of aromatic amines is 1. The van der Waals surface area contributed by atoms with Crippen molar-refractivity contribution in [1.29, 1.82) is 0 Å². The van der Waals surface area contributed by atoms with Crippen LogP contribution in [0.25, 0.3) is 43.4 Å². The van der Waals surface area contributed by atoms with Gasteiger partial charge >= 0.3 is 6.01 Å². The summed E-state index contributed by atoms with van der Waals surface area (Å²) in [5, 5.41) is 46.4. The molecule has 19 nitrogen and oxygen atoms in total. The molecule has 7 heterocycles. The van der Waals surface area contributed by atoms with E-state index in [0.29, 0.717) is 40.6 Å². The molecule has 21 heteroatoms. The highest BCUT2D eigenvalue weighted by Crippen LogP contribution is 2.73. The number of carbonyl (C=O) groups excluding carboxylic acids is 2. The number of hydrogen-bond donors (Lipinski definition) is 5. The van der Waals surface area contributed by atoms with Gasteiger partial charge < -0.3 is 44.9 Å². The number of nitrogens with zero attached hydrogens (tertiary/aromatic N) is 9. The summed E-state index contributed by atoms with van der Waals surface area (Å²) < 4.78 is 37.0. The predicted octanol–water partition coefficient (Wildman–Crippen LogP) is 7.00. The average Bonchev–Trinajstić information content (AvgIpc) is 4.27. The van der Waals surface area contributed by atoms with Crippen LogP contribution in [0.3, 0.4) is 0 Å². The Labute approximate surface area is 460 Å². The Hall–Kier alpha value is -6.65. The molecule has 7 fully saturated rings. The minimum atomic E-state index is -0.959. The molecule has 14 rings (SSSR count). The van der Waals surface area contributed by atoms with Gasteiger partial charge in [-0.05, 0) is 106 Å². The summed E-state index contributed by atoms with van der Waals surface area (Å²) in [6.07, 6.45) is 7.96. The van der Waals surface area contributed by atoms with Gasteiger partial charge in [0, 0.05) is 84.2 Å². The van der Waals surface area contributed by atoms with E-state index in [0.717, 1.165) is 107 Å². The van der Waals surface area contributed by atoms with Crippen LogP contribution in [0.15, 0.2) is 54.3 Å². The fourth-order valence-corrected chi connectivity index (χ4v) is 14.4. The molecule has 4 aliphatic carbocycles. The van der Waals surface area contributed by atoms with E-state index in [1.165, 1.54) is 11.0 Å². The maximum atomic E-state index is 16.2. The maximum absolute atomic E-state index is 16.2. The molecule has 414 valence electrons. The van der Waals surface area contributed by atoms with Crippen LogP contribution in [0, 0.1) is 31.0 Å². The van der Waals surface area contributed by atoms with Crippen LogP contribution in [0.1, 0.15) is 112 Å². The molecule has 7 aromatic rings. The van der Waals surface area contributed by atoms with Crippen molar-refractivity contribution >= 4 is 50.8 Å². The molecule has 0 spiro atoms. The lowest BCUT2D eigenvalue weighted by atomic mass is 9.34. The highest BCUT2D eigenvalue weighted by Gasteiger charge is 2.70. The Morgan fingerprint density at radius 2 is 1.81 bits per heavy atom. The summed E-state index contributed by atoms with van der Waals surface area (Å²) in [6, 6.07) is 9.73. The molecule has 5 N–H and O–H groups in total. The SMILES string of the molecule is CO[C@@H](C)COc1nc(N2C[C@H]3C[C@@H]2CN3)c2cc(C3CC3)c(-c3c(C)c(F)cc4[nH]ncc34)c(OCC34CC(c5cn([C@H](C(=O)N6C[C@H](O)C[C@H]6C(=O)N[C@@H](CO)c6ccc(-c7scnc7C)cc6)C(C)C)nn5)(C3)C4)c2n1. The average molecular weight is 1100 g/mol. The zero-order valence-electron chi connectivity index (χ0n) is 45.3. The number of thiazole rings is 1. The number of hydrogen-bond acceptors (Lipinski definition) is 16. The third kappa shape index (κ3) is 8.99. The minimum Gasteiger partial charge on any atom is -0.490 e. The molecule has 7 aliphatic rings. The number of aliphatic hydroxyl groups excluding tert-OH is 2. The van der Waals surface area contributed by atoms with Crippen molar-refractivity contribution < 1.29 is 38.4 Å². The van der Waals surface area contributed by atoms with Crippen LogP contribution in [0.2, 0.25) is 0 Å². The van der Waals surface area contributed by atoms with Gasteiger partial charge in [0.2, 0.25) is 11.8 Å². The first kappa shape index (κ1) is 51.8. The highest BCUT2D eigenvalue weighted by molar-refractivity contribution is 7.13. The summed E-state index contributed by atoms with van der Waals surface area (Å²) >= 11 is 1.55. The van der Waals surface area contributed by atoms with Gasteiger partial charge in [0.05, 0.1) is 65.0 Å². The van der Waals surface area contributed by atoms with E-state index in [4.69, 9.17) is 29.3 Å². The summed E-state index contributed by atoms with van der Waals surface area (Å²) in [4.78, 5) is 48.3. The lowest BCUT2D eigenvalue weighted by Crippen LogP contribution is -2.66. The number of ether oxygens (including phenoxy) is 3. The fourth-order valence-electron chi connectivity index (χ4n) is 13.6. The topological polar surface area (TPSA) is 231 Å². The first-order valence-electron chi connectivity index (χ1n) is 27.8. The number of aliphatic hydroxyl groups is 2. The summed E-state index contributed by atoms with van der Waals surface area (Å²) in [5.74, 6) is 0.257. The molecule has 4 bridgehead atoms. The highest BCUT2D eigenvalue weighted by atomic mass is 32.1. The lowest BCUT2D eigenvalue weighted by molar-refractivity contribution is -0.164. The summed E-state index contributed by atoms with van der Waals surface area (Å²) in [6.45, 7) is 11.5. The Morgan fingerprint density at radius 1 is 1.01 bits per heavy atom. The number of methoxy groups -OCH3 is 1. The molecule has 3 aromatic carbocycles. The van der Waals surface area contributed by atoms with Crippen LogP contribution < -0.4 is 25.0 Å². The van der Waals surface area contributed by atoms with Crippen LogP contribution in [-0.2, 0) is 19.7 Å². The number of piperazine rings is 1. The maximum Gasteiger partial charge on any atom is 0.319 e. The molecule has 0 unspecified atom stereocenters. The van der Waals surface area contributed by atoms with Crippen molar-refractivity contribution in [3.8, 4) is 33.3 Å². The normalized spacial score (nSPS) is 25.2. The van der Waals surface area contributed by atoms with Crippen molar-refractivity contribution in [2.24, 2.45) is 11.3 Å². The van der Waals surface area contributed by atoms with Crippen LogP contribution in [0.4, 0.5) is 10.2 Å². The molecule has 2 amide bonds. The molecule has 7 atom stereocenters. The molecular weight excluding hydrogens is 1030 g/mol. The van der Waals surface area contributed by atoms with Crippen molar-refractivity contribution in [2.75, 3.05) is 51.5 Å². The van der Waals surface area contributed by atoms with Crippen LogP contribution in [0.5, 0.6) is 11.8 Å². The van der Waals surface area contributed by atoms with Crippen LogP contribution in [-0.4, -0.2) is 144 Å². The first-order chi connectivity index (χ1) is 38.1. The van der Waals surface area contributed by atoms with E-state index in [1.54, 1.807) is 34.8 Å². The Kier molecular flexibility index (Phi) is 13.0. The largest absolute Gasteiger partial charge is 0.490 e. The van der Waals surface area contributed by atoms with Crippen molar-refractivity contribution in [2.45, 2.75) is 133 Å². The Morgan fingerprint density at radius 3 is 2.49 bits per heavy atom. The van der Waals surface area contributed by atoms with Gasteiger partial charge in [-0.15, -0.1) is 16.4 Å². The molecule has 3 saturated heterocycles. The Bertz CT molecular complexity index is 3490. The number of likely N-dealkylation sites (tertiary alicyclic amines) is 1. The smallest absolute Gasteiger partial charge is 0.319 e.